The second kappa shape index (κ2) is 5.61. The fraction of sp³-hybridized carbons (Fsp3) is 0.625. The summed E-state index contributed by atoms with van der Waals surface area (Å²) in [5.41, 5.74) is 1.45. The number of hydrogen-bond donors (Lipinski definition) is 1. The van der Waals surface area contributed by atoms with Crippen molar-refractivity contribution in [2.75, 3.05) is 0 Å². The van der Waals surface area contributed by atoms with E-state index in [1.165, 1.54) is 6.42 Å². The van der Waals surface area contributed by atoms with Gasteiger partial charge in [0, 0.05) is 18.2 Å². The lowest BCUT2D eigenvalue weighted by Gasteiger charge is -2.28. The third kappa shape index (κ3) is 2.53. The first-order chi connectivity index (χ1) is 11.4. The molecule has 8 heteroatoms. The molecular weight excluding hydrogens is 321 g/mol. The highest BCUT2D eigenvalue weighted by Crippen LogP contribution is 2.43. The second-order valence-electron chi connectivity index (χ2n) is 6.74. The van der Waals surface area contributed by atoms with Crippen molar-refractivity contribution in [2.45, 2.75) is 57.0 Å². The molecule has 130 valence electrons. The summed E-state index contributed by atoms with van der Waals surface area (Å²) in [7, 11) is 0. The number of rotatable bonds is 3. The smallest absolute Gasteiger partial charge is 0.393 e. The van der Waals surface area contributed by atoms with E-state index in [0.717, 1.165) is 31.9 Å². The molecule has 2 atom stereocenters. The van der Waals surface area contributed by atoms with Gasteiger partial charge < -0.3 is 9.67 Å². The minimum Gasteiger partial charge on any atom is -0.393 e. The zero-order valence-electron chi connectivity index (χ0n) is 13.1. The zero-order chi connectivity index (χ0) is 16.9. The predicted molar refractivity (Wildman–Crippen MR) is 80.1 cm³/mol. The number of nitrogens with zero attached hydrogens (tertiary/aromatic N) is 4. The Balaban J connectivity index is 1.63. The predicted octanol–water partition coefficient (Wildman–Crippen LogP) is 3.46. The summed E-state index contributed by atoms with van der Waals surface area (Å²) >= 11 is 0. The lowest BCUT2D eigenvalue weighted by Crippen LogP contribution is -2.26. The van der Waals surface area contributed by atoms with Crippen molar-refractivity contribution in [3.63, 3.8) is 0 Å². The molecule has 4 rings (SSSR count). The molecule has 1 aliphatic carbocycles. The minimum absolute atomic E-state index is 0.0498. The van der Waals surface area contributed by atoms with Crippen LogP contribution >= 0.6 is 0 Å². The molecule has 0 radical (unpaired) electrons. The Hall–Kier alpha value is -1.83. The second-order valence-corrected chi connectivity index (χ2v) is 6.74. The highest BCUT2D eigenvalue weighted by molar-refractivity contribution is 5.66. The molecule has 5 nitrogen and oxygen atoms in total. The van der Waals surface area contributed by atoms with Crippen LogP contribution in [0.1, 0.15) is 50.3 Å². The van der Waals surface area contributed by atoms with E-state index in [-0.39, 0.29) is 10.6 Å². The van der Waals surface area contributed by atoms with E-state index in [9.17, 15) is 18.3 Å². The van der Waals surface area contributed by atoms with Crippen molar-refractivity contribution in [2.24, 2.45) is 5.92 Å². The average Bonchev–Trinajstić information content (AvgIpc) is 3.22. The zero-order valence-corrected chi connectivity index (χ0v) is 13.1. The molecule has 1 aliphatic heterocycles. The van der Waals surface area contributed by atoms with Gasteiger partial charge in [0.15, 0.2) is 0 Å². The molecule has 1 fully saturated rings. The molecule has 2 aromatic rings. The average molecular weight is 340 g/mol. The summed E-state index contributed by atoms with van der Waals surface area (Å²) in [6.07, 6.45) is 4.83. The van der Waals surface area contributed by atoms with Crippen molar-refractivity contribution in [1.82, 2.24) is 19.3 Å². The van der Waals surface area contributed by atoms with Crippen molar-refractivity contribution >= 4 is 0 Å². The molecular formula is C16H19F3N4O. The van der Waals surface area contributed by atoms with Crippen molar-refractivity contribution < 1.29 is 18.3 Å². The van der Waals surface area contributed by atoms with E-state index < -0.39 is 18.4 Å². The summed E-state index contributed by atoms with van der Waals surface area (Å²) in [4.78, 5) is 4.05. The van der Waals surface area contributed by atoms with Crippen molar-refractivity contribution in [1.29, 1.82) is 0 Å². The maximum absolute atomic E-state index is 13.0. The number of aliphatic hydroxyl groups is 1. The molecule has 0 saturated heterocycles. The largest absolute Gasteiger partial charge is 0.504 e. The summed E-state index contributed by atoms with van der Waals surface area (Å²) in [5, 5.41) is 14.4. The molecule has 2 aliphatic rings. The Labute approximate surface area is 137 Å². The number of imidazole rings is 1. The number of halogens is 3. The van der Waals surface area contributed by atoms with Gasteiger partial charge in [0.05, 0.1) is 36.1 Å². The van der Waals surface area contributed by atoms with Crippen LogP contribution in [0.4, 0.5) is 13.2 Å². The lowest BCUT2D eigenvalue weighted by atomic mass is 9.83. The van der Waals surface area contributed by atoms with E-state index in [4.69, 9.17) is 0 Å². The first kappa shape index (κ1) is 15.7. The Morgan fingerprint density at radius 2 is 2.00 bits per heavy atom. The van der Waals surface area contributed by atoms with Crippen LogP contribution in [0.25, 0.3) is 11.3 Å². The van der Waals surface area contributed by atoms with Gasteiger partial charge in [0.1, 0.15) is 0 Å². The Morgan fingerprint density at radius 1 is 1.25 bits per heavy atom. The Kier molecular flexibility index (Phi) is 3.67. The highest BCUT2D eigenvalue weighted by atomic mass is 19.4. The summed E-state index contributed by atoms with van der Waals surface area (Å²) in [6.45, 7) is 0. The van der Waals surface area contributed by atoms with Crippen LogP contribution in [-0.2, 0) is 6.30 Å². The Bertz CT molecular complexity index is 730. The molecule has 1 saturated carbocycles. The van der Waals surface area contributed by atoms with Gasteiger partial charge in [0.25, 0.3) is 0 Å². The highest BCUT2D eigenvalue weighted by Gasteiger charge is 2.39. The summed E-state index contributed by atoms with van der Waals surface area (Å²) in [6, 6.07) is -0.391. The molecule has 0 aromatic carbocycles. The molecule has 0 spiro atoms. The van der Waals surface area contributed by atoms with E-state index in [0.29, 0.717) is 23.4 Å². The molecule has 24 heavy (non-hydrogen) atoms. The van der Waals surface area contributed by atoms with Crippen LogP contribution in [0.2, 0.25) is 0 Å². The van der Waals surface area contributed by atoms with Crippen LogP contribution in [-0.4, -0.2) is 30.5 Å². The normalized spacial score (nSPS) is 22.4. The van der Waals surface area contributed by atoms with E-state index in [1.54, 1.807) is 12.5 Å². The quantitative estimate of drug-likeness (QED) is 0.931. The molecule has 0 unspecified atom stereocenters. The SMILES string of the molecule is O[C@@H](C[C@@H]1c2nn(C(F)(F)F)cc2-c2cncn21)C1CCCCC1. The number of aliphatic hydroxyl groups excluding tert-OH is 1. The summed E-state index contributed by atoms with van der Waals surface area (Å²) in [5.74, 6) is 0.222. The van der Waals surface area contributed by atoms with E-state index in [2.05, 4.69) is 10.1 Å². The number of aromatic nitrogens is 4. The van der Waals surface area contributed by atoms with Crippen LogP contribution in [0.5, 0.6) is 0 Å². The molecule has 0 bridgehead atoms. The first-order valence-electron chi connectivity index (χ1n) is 8.32. The number of fused-ring (bicyclic) bond motifs is 3. The van der Waals surface area contributed by atoms with Crippen molar-refractivity contribution in [3.05, 3.63) is 24.4 Å². The van der Waals surface area contributed by atoms with Crippen LogP contribution in [0.15, 0.2) is 18.7 Å². The third-order valence-electron chi connectivity index (χ3n) is 5.25. The standard InChI is InChI=1S/C16H19F3N4O/c17-16(18,19)23-8-11-13-7-20-9-22(13)12(15(11)21-23)6-14(24)10-4-2-1-3-5-10/h7-10,12,14,24H,1-6H2/t12-,14+/m1/s1. The van der Waals surface area contributed by atoms with Crippen molar-refractivity contribution in [3.8, 4) is 11.3 Å². The molecule has 1 N–H and O–H groups in total. The van der Waals surface area contributed by atoms with Gasteiger partial charge in [-0.15, -0.1) is 13.2 Å². The van der Waals surface area contributed by atoms with E-state index >= 15 is 0 Å². The maximum atomic E-state index is 13.0. The van der Waals surface area contributed by atoms with Gasteiger partial charge in [-0.25, -0.2) is 4.98 Å². The van der Waals surface area contributed by atoms with Gasteiger partial charge in [-0.05, 0) is 18.8 Å². The third-order valence-corrected chi connectivity index (χ3v) is 5.25. The summed E-state index contributed by atoms with van der Waals surface area (Å²) < 4.78 is 40.7. The van der Waals surface area contributed by atoms with Gasteiger partial charge in [0.2, 0.25) is 0 Å². The monoisotopic (exact) mass is 340 g/mol. The fourth-order valence-corrected chi connectivity index (χ4v) is 4.02. The van der Waals surface area contributed by atoms with Gasteiger partial charge in [-0.1, -0.05) is 19.3 Å². The van der Waals surface area contributed by atoms with Gasteiger partial charge in [-0.2, -0.15) is 9.78 Å². The van der Waals surface area contributed by atoms with Gasteiger partial charge >= 0.3 is 6.30 Å². The minimum atomic E-state index is -4.54. The number of alkyl halides is 3. The fourth-order valence-electron chi connectivity index (χ4n) is 4.02. The Morgan fingerprint density at radius 3 is 2.71 bits per heavy atom. The van der Waals surface area contributed by atoms with E-state index in [1.807, 2.05) is 4.57 Å². The molecule has 3 heterocycles. The first-order valence-corrected chi connectivity index (χ1v) is 8.32. The lowest BCUT2D eigenvalue weighted by molar-refractivity contribution is -0.212. The van der Waals surface area contributed by atoms with Gasteiger partial charge in [-0.3, -0.25) is 0 Å². The molecule has 0 amide bonds. The van der Waals surface area contributed by atoms with Crippen LogP contribution in [0.3, 0.4) is 0 Å². The van der Waals surface area contributed by atoms with Crippen LogP contribution < -0.4 is 0 Å². The van der Waals surface area contributed by atoms with Crippen LogP contribution in [0, 0.1) is 5.92 Å². The molecule has 2 aromatic heterocycles. The maximum Gasteiger partial charge on any atom is 0.504 e. The number of hydrogen-bond acceptors (Lipinski definition) is 3. The topological polar surface area (TPSA) is 55.9 Å².